The van der Waals surface area contributed by atoms with Crippen molar-refractivity contribution in [3.63, 3.8) is 0 Å². The lowest BCUT2D eigenvalue weighted by atomic mass is 10.0. The molecule has 0 aliphatic rings. The third-order valence-corrected chi connectivity index (χ3v) is 2.22. The van der Waals surface area contributed by atoms with Crippen LogP contribution in [0.1, 0.15) is 5.56 Å². The number of hydrogen-bond donors (Lipinski definition) is 3. The Morgan fingerprint density at radius 2 is 2.13 bits per heavy atom. The number of H-pyrrole nitrogens is 1. The number of aromatic amines is 1. The predicted octanol–water partition coefficient (Wildman–Crippen LogP) is 1.81. The zero-order valence-corrected chi connectivity index (χ0v) is 8.08. The van der Waals surface area contributed by atoms with Crippen LogP contribution < -0.4 is 5.73 Å². The molecule has 0 bridgehead atoms. The minimum Gasteiger partial charge on any atom is -0.507 e. The topological polar surface area (TPSA) is 74.9 Å². The maximum Gasteiger partial charge on any atom is 0.126 e. The molecule has 1 aromatic heterocycles. The Kier molecular flexibility index (Phi) is 2.07. The Bertz CT molecular complexity index is 507. The molecule has 15 heavy (non-hydrogen) atoms. The number of nitrogens with zero attached hydrogens (tertiary/aromatic N) is 1. The Morgan fingerprint density at radius 1 is 1.40 bits per heavy atom. The summed E-state index contributed by atoms with van der Waals surface area (Å²) in [5.74, 6) is -0.0966. The van der Waals surface area contributed by atoms with Crippen LogP contribution in [0.25, 0.3) is 11.1 Å². The second kappa shape index (κ2) is 3.27. The molecular formula is C10H10FN3O. The first-order valence-corrected chi connectivity index (χ1v) is 4.38. The fraction of sp³-hybridized carbons (Fsp3) is 0.100. The molecule has 4 nitrogen and oxygen atoms in total. The molecule has 2 rings (SSSR count). The van der Waals surface area contributed by atoms with Crippen LogP contribution >= 0.6 is 0 Å². The number of nitrogens with two attached hydrogens (primary N) is 1. The van der Waals surface area contributed by atoms with Gasteiger partial charge in [-0.2, -0.15) is 5.10 Å². The second-order valence-corrected chi connectivity index (χ2v) is 3.32. The smallest absolute Gasteiger partial charge is 0.126 e. The molecule has 0 atom stereocenters. The van der Waals surface area contributed by atoms with E-state index >= 15 is 0 Å². The average Bonchev–Trinajstić information content (AvgIpc) is 2.58. The van der Waals surface area contributed by atoms with Crippen molar-refractivity contribution in [1.82, 2.24) is 10.2 Å². The van der Waals surface area contributed by atoms with Gasteiger partial charge in [-0.05, 0) is 24.6 Å². The van der Waals surface area contributed by atoms with Gasteiger partial charge in [-0.15, -0.1) is 0 Å². The number of halogens is 1. The summed E-state index contributed by atoms with van der Waals surface area (Å²) in [5.41, 5.74) is 6.90. The summed E-state index contributed by atoms with van der Waals surface area (Å²) in [6.07, 6.45) is 1.45. The van der Waals surface area contributed by atoms with E-state index in [2.05, 4.69) is 10.2 Å². The van der Waals surface area contributed by atoms with E-state index in [0.29, 0.717) is 22.5 Å². The summed E-state index contributed by atoms with van der Waals surface area (Å²) in [6.45, 7) is 1.62. The number of aromatic hydroxyl groups is 1. The minimum absolute atomic E-state index is 0.0181. The molecule has 0 unspecified atom stereocenters. The highest BCUT2D eigenvalue weighted by atomic mass is 19.1. The Morgan fingerprint density at radius 3 is 2.73 bits per heavy atom. The molecule has 4 N–H and O–H groups in total. The van der Waals surface area contributed by atoms with Crippen molar-refractivity contribution in [2.45, 2.75) is 6.92 Å². The molecule has 0 amide bonds. The first-order valence-electron chi connectivity index (χ1n) is 4.38. The third-order valence-electron chi connectivity index (χ3n) is 2.22. The number of benzene rings is 1. The average molecular weight is 207 g/mol. The second-order valence-electron chi connectivity index (χ2n) is 3.32. The predicted molar refractivity (Wildman–Crippen MR) is 54.8 cm³/mol. The highest BCUT2D eigenvalue weighted by Gasteiger charge is 2.12. The third kappa shape index (κ3) is 1.52. The van der Waals surface area contributed by atoms with Gasteiger partial charge in [0.25, 0.3) is 0 Å². The molecule has 78 valence electrons. The zero-order valence-electron chi connectivity index (χ0n) is 8.08. The van der Waals surface area contributed by atoms with Gasteiger partial charge in [0.2, 0.25) is 0 Å². The molecule has 5 heteroatoms. The zero-order chi connectivity index (χ0) is 11.0. The maximum absolute atomic E-state index is 13.1. The summed E-state index contributed by atoms with van der Waals surface area (Å²) in [4.78, 5) is 0. The normalized spacial score (nSPS) is 10.5. The number of rotatable bonds is 1. The van der Waals surface area contributed by atoms with Gasteiger partial charge < -0.3 is 10.8 Å². The van der Waals surface area contributed by atoms with E-state index in [-0.39, 0.29) is 5.75 Å². The summed E-state index contributed by atoms with van der Waals surface area (Å²) < 4.78 is 13.1. The lowest BCUT2D eigenvalue weighted by Gasteiger charge is -2.06. The number of aryl methyl sites for hydroxylation is 1. The first kappa shape index (κ1) is 9.51. The highest BCUT2D eigenvalue weighted by Crippen LogP contribution is 2.34. The van der Waals surface area contributed by atoms with Gasteiger partial charge in [0.1, 0.15) is 17.4 Å². The lowest BCUT2D eigenvalue weighted by molar-refractivity contribution is 0.471. The van der Waals surface area contributed by atoms with Crippen LogP contribution in [-0.2, 0) is 0 Å². The largest absolute Gasteiger partial charge is 0.507 e. The monoisotopic (exact) mass is 207 g/mol. The van der Waals surface area contributed by atoms with E-state index in [1.165, 1.54) is 18.3 Å². The number of anilines is 1. The van der Waals surface area contributed by atoms with E-state index < -0.39 is 5.82 Å². The van der Waals surface area contributed by atoms with Crippen LogP contribution in [0.4, 0.5) is 10.2 Å². The fourth-order valence-electron chi connectivity index (χ4n) is 1.45. The van der Waals surface area contributed by atoms with Crippen LogP contribution in [0.2, 0.25) is 0 Å². The lowest BCUT2D eigenvalue weighted by Crippen LogP contribution is -1.90. The summed E-state index contributed by atoms with van der Waals surface area (Å²) in [5, 5.41) is 16.0. The van der Waals surface area contributed by atoms with E-state index in [1.807, 2.05) is 0 Å². The summed E-state index contributed by atoms with van der Waals surface area (Å²) in [6, 6.07) is 2.48. The standard InChI is InChI=1S/C10H10FN3O/c1-5-2-6(11)3-7(9(5)15)8-4-13-14-10(8)12/h2-4,15H,1H3,(H3,12,13,14). The van der Waals surface area contributed by atoms with Crippen molar-refractivity contribution >= 4 is 5.82 Å². The molecule has 0 saturated heterocycles. The van der Waals surface area contributed by atoms with E-state index in [1.54, 1.807) is 6.92 Å². The Balaban J connectivity index is 2.68. The number of nitrogen functional groups attached to an aromatic ring is 1. The number of hydrogen-bond acceptors (Lipinski definition) is 3. The SMILES string of the molecule is Cc1cc(F)cc(-c2cn[nH]c2N)c1O. The van der Waals surface area contributed by atoms with Crippen molar-refractivity contribution in [3.8, 4) is 16.9 Å². The van der Waals surface area contributed by atoms with Crippen molar-refractivity contribution in [3.05, 3.63) is 29.7 Å². The fourth-order valence-corrected chi connectivity index (χ4v) is 1.45. The van der Waals surface area contributed by atoms with Gasteiger partial charge >= 0.3 is 0 Å². The molecule has 0 radical (unpaired) electrons. The molecule has 0 spiro atoms. The summed E-state index contributed by atoms with van der Waals surface area (Å²) in [7, 11) is 0. The molecule has 0 saturated carbocycles. The molecule has 0 aliphatic carbocycles. The highest BCUT2D eigenvalue weighted by molar-refractivity contribution is 5.78. The van der Waals surface area contributed by atoms with E-state index in [4.69, 9.17) is 5.73 Å². The summed E-state index contributed by atoms with van der Waals surface area (Å²) >= 11 is 0. The van der Waals surface area contributed by atoms with Gasteiger partial charge in [-0.25, -0.2) is 4.39 Å². The molecule has 1 aromatic carbocycles. The Labute approximate surface area is 85.6 Å². The van der Waals surface area contributed by atoms with Gasteiger partial charge in [0.05, 0.1) is 6.20 Å². The van der Waals surface area contributed by atoms with Gasteiger partial charge in [0, 0.05) is 11.1 Å². The molecule has 1 heterocycles. The number of nitrogens with one attached hydrogen (secondary N) is 1. The minimum atomic E-state index is -0.416. The number of aromatic nitrogens is 2. The van der Waals surface area contributed by atoms with Crippen LogP contribution in [-0.4, -0.2) is 15.3 Å². The van der Waals surface area contributed by atoms with Crippen LogP contribution in [0.15, 0.2) is 18.3 Å². The van der Waals surface area contributed by atoms with Crippen molar-refractivity contribution in [1.29, 1.82) is 0 Å². The van der Waals surface area contributed by atoms with Gasteiger partial charge in [-0.3, -0.25) is 5.10 Å². The number of phenols is 1. The van der Waals surface area contributed by atoms with Crippen LogP contribution in [0.5, 0.6) is 5.75 Å². The van der Waals surface area contributed by atoms with Gasteiger partial charge in [0.15, 0.2) is 0 Å². The molecule has 0 fully saturated rings. The quantitative estimate of drug-likeness (QED) is 0.667. The Hall–Kier alpha value is -2.04. The number of phenolic OH excluding ortho intramolecular Hbond substituents is 1. The molecule has 2 aromatic rings. The van der Waals surface area contributed by atoms with E-state index in [9.17, 15) is 9.50 Å². The van der Waals surface area contributed by atoms with Crippen molar-refractivity contribution < 1.29 is 9.50 Å². The molecule has 0 aliphatic heterocycles. The van der Waals surface area contributed by atoms with Crippen LogP contribution in [0.3, 0.4) is 0 Å². The van der Waals surface area contributed by atoms with Gasteiger partial charge in [-0.1, -0.05) is 0 Å². The van der Waals surface area contributed by atoms with Crippen LogP contribution in [0, 0.1) is 12.7 Å². The van der Waals surface area contributed by atoms with E-state index in [0.717, 1.165) is 0 Å². The first-order chi connectivity index (χ1) is 7.09. The maximum atomic E-state index is 13.1. The van der Waals surface area contributed by atoms with Crippen molar-refractivity contribution in [2.75, 3.05) is 5.73 Å². The molecular weight excluding hydrogens is 197 g/mol. The van der Waals surface area contributed by atoms with Crippen molar-refractivity contribution in [2.24, 2.45) is 0 Å².